The van der Waals surface area contributed by atoms with E-state index in [1.807, 2.05) is 67.7 Å². The van der Waals surface area contributed by atoms with Gasteiger partial charge in [-0.25, -0.2) is 9.18 Å². The number of anilines is 2. The molecule has 1 N–H and O–H groups in total. The molecular formula is C30H28BrFN4O2. The number of hydrogen-bond acceptors (Lipinski definition) is 2. The van der Waals surface area contributed by atoms with E-state index in [0.717, 1.165) is 39.9 Å². The van der Waals surface area contributed by atoms with E-state index in [4.69, 9.17) is 0 Å². The molecule has 3 aromatic carbocycles. The van der Waals surface area contributed by atoms with Gasteiger partial charge in [0.15, 0.2) is 0 Å². The molecule has 0 aliphatic carbocycles. The Kier molecular flexibility index (Phi) is 7.60. The van der Waals surface area contributed by atoms with E-state index in [1.54, 1.807) is 28.0 Å². The molecule has 0 radical (unpaired) electrons. The number of carbonyl (C=O) groups is 2. The molecule has 0 fully saturated rings. The first-order valence-electron chi connectivity index (χ1n) is 12.6. The Bertz CT molecular complexity index is 1450. The summed E-state index contributed by atoms with van der Waals surface area (Å²) in [6, 6.07) is 24.4. The van der Waals surface area contributed by atoms with Crippen molar-refractivity contribution >= 4 is 39.2 Å². The zero-order chi connectivity index (χ0) is 26.6. The fourth-order valence-corrected chi connectivity index (χ4v) is 5.20. The second-order valence-corrected chi connectivity index (χ2v) is 10.0. The number of benzene rings is 3. The topological polar surface area (TPSA) is 57.6 Å². The average molecular weight is 575 g/mol. The van der Waals surface area contributed by atoms with Gasteiger partial charge in [0.25, 0.3) is 0 Å². The molecule has 6 nitrogen and oxygen atoms in total. The van der Waals surface area contributed by atoms with Gasteiger partial charge in [0.05, 0.1) is 22.8 Å². The lowest BCUT2D eigenvalue weighted by atomic mass is 9.97. The van der Waals surface area contributed by atoms with Crippen LogP contribution in [-0.2, 0) is 4.79 Å². The number of aromatic nitrogens is 1. The lowest BCUT2D eigenvalue weighted by molar-refractivity contribution is -0.119. The number of fused-ring (bicyclic) bond motifs is 3. The van der Waals surface area contributed by atoms with E-state index in [-0.39, 0.29) is 24.3 Å². The molecule has 0 saturated carbocycles. The highest BCUT2D eigenvalue weighted by molar-refractivity contribution is 9.10. The third kappa shape index (κ3) is 5.09. The maximum absolute atomic E-state index is 14.2. The predicted molar refractivity (Wildman–Crippen MR) is 151 cm³/mol. The van der Waals surface area contributed by atoms with Gasteiger partial charge in [-0.05, 0) is 76.4 Å². The van der Waals surface area contributed by atoms with Gasteiger partial charge < -0.3 is 14.8 Å². The lowest BCUT2D eigenvalue weighted by Crippen LogP contribution is -2.48. The lowest BCUT2D eigenvalue weighted by Gasteiger charge is -2.39. The minimum Gasteiger partial charge on any atom is -0.316 e. The van der Waals surface area contributed by atoms with Crippen molar-refractivity contribution in [1.29, 1.82) is 0 Å². The minimum atomic E-state index is -0.479. The van der Waals surface area contributed by atoms with E-state index in [9.17, 15) is 14.0 Å². The zero-order valence-electron chi connectivity index (χ0n) is 21.0. The van der Waals surface area contributed by atoms with Gasteiger partial charge >= 0.3 is 6.03 Å². The molecule has 1 atom stereocenters. The van der Waals surface area contributed by atoms with Crippen molar-refractivity contribution in [1.82, 2.24) is 9.47 Å². The summed E-state index contributed by atoms with van der Waals surface area (Å²) in [5.74, 6) is -0.565. The van der Waals surface area contributed by atoms with Crippen LogP contribution in [0, 0.1) is 5.82 Å². The second kappa shape index (κ2) is 11.2. The largest absolute Gasteiger partial charge is 0.322 e. The van der Waals surface area contributed by atoms with Crippen LogP contribution in [0.5, 0.6) is 0 Å². The molecule has 0 bridgehead atoms. The zero-order valence-corrected chi connectivity index (χ0v) is 22.6. The molecule has 5 rings (SSSR count). The average Bonchev–Trinajstić information content (AvgIpc) is 3.42. The maximum Gasteiger partial charge on any atom is 0.322 e. The fourth-order valence-electron chi connectivity index (χ4n) is 4.82. The van der Waals surface area contributed by atoms with E-state index < -0.39 is 6.04 Å². The van der Waals surface area contributed by atoms with Gasteiger partial charge in [-0.15, -0.1) is 0 Å². The minimum absolute atomic E-state index is 0.108. The number of halogens is 2. The summed E-state index contributed by atoms with van der Waals surface area (Å²) in [6.45, 7) is 2.37. The molecule has 1 aliphatic heterocycles. The van der Waals surface area contributed by atoms with Crippen LogP contribution in [0.15, 0.2) is 95.6 Å². The Morgan fingerprint density at radius 3 is 2.39 bits per heavy atom. The van der Waals surface area contributed by atoms with Gasteiger partial charge in [0.1, 0.15) is 18.4 Å². The number of amides is 3. The Labute approximate surface area is 229 Å². The Morgan fingerprint density at radius 2 is 1.66 bits per heavy atom. The third-order valence-corrected chi connectivity index (χ3v) is 7.38. The number of hydrogen-bond donors (Lipinski definition) is 1. The van der Waals surface area contributed by atoms with Crippen LogP contribution in [0.4, 0.5) is 20.6 Å². The van der Waals surface area contributed by atoms with E-state index in [0.29, 0.717) is 12.2 Å². The van der Waals surface area contributed by atoms with Crippen molar-refractivity contribution in [2.75, 3.05) is 23.3 Å². The van der Waals surface area contributed by atoms with E-state index >= 15 is 0 Å². The Balaban J connectivity index is 1.51. The molecule has 0 spiro atoms. The smallest absolute Gasteiger partial charge is 0.316 e. The van der Waals surface area contributed by atoms with Crippen molar-refractivity contribution in [2.45, 2.75) is 25.8 Å². The van der Waals surface area contributed by atoms with Crippen LogP contribution in [-0.4, -0.2) is 34.5 Å². The van der Waals surface area contributed by atoms with Gasteiger partial charge in [-0.1, -0.05) is 49.7 Å². The fraction of sp³-hybridized carbons (Fsp3) is 0.200. The summed E-state index contributed by atoms with van der Waals surface area (Å²) in [7, 11) is 0. The quantitative estimate of drug-likeness (QED) is 0.255. The van der Waals surface area contributed by atoms with Crippen LogP contribution >= 0.6 is 15.9 Å². The number of unbranched alkanes of at least 4 members (excludes halogenated alkanes) is 1. The number of carbonyl (C=O) groups excluding carboxylic acids is 2. The SMILES string of the molecule is CCCCN(CC(=O)N1c2ccccc2-n2cccc2C1c1ccc(F)cc1)C(=O)Nc1ccccc1Br. The highest BCUT2D eigenvalue weighted by Gasteiger charge is 2.37. The number of rotatable bonds is 7. The standard InChI is InChI=1S/C30H28BrFN4O2/c1-2-3-18-34(30(38)33-24-10-5-4-9-23(24)31)20-28(37)36-26-12-7-6-11-25(26)35-19-8-13-27(35)29(36)21-14-16-22(32)17-15-21/h4-17,19,29H,2-3,18,20H2,1H3,(H,33,38). The molecule has 1 aromatic heterocycles. The summed E-state index contributed by atoms with van der Waals surface area (Å²) in [4.78, 5) is 30.8. The van der Waals surface area contributed by atoms with E-state index in [1.165, 1.54) is 12.1 Å². The summed E-state index contributed by atoms with van der Waals surface area (Å²) >= 11 is 3.47. The molecule has 8 heteroatoms. The summed E-state index contributed by atoms with van der Waals surface area (Å²) in [5, 5.41) is 2.93. The summed E-state index contributed by atoms with van der Waals surface area (Å²) in [5.41, 5.74) is 3.92. The Morgan fingerprint density at radius 1 is 0.947 bits per heavy atom. The van der Waals surface area contributed by atoms with Crippen molar-refractivity contribution in [3.63, 3.8) is 0 Å². The molecule has 1 aliphatic rings. The molecule has 38 heavy (non-hydrogen) atoms. The number of nitrogens with zero attached hydrogens (tertiary/aromatic N) is 3. The number of nitrogens with one attached hydrogen (secondary N) is 1. The molecule has 194 valence electrons. The number of para-hydroxylation sites is 3. The first-order chi connectivity index (χ1) is 18.5. The summed E-state index contributed by atoms with van der Waals surface area (Å²) < 4.78 is 16.6. The first-order valence-corrected chi connectivity index (χ1v) is 13.4. The highest BCUT2D eigenvalue weighted by atomic mass is 79.9. The van der Waals surface area contributed by atoms with Crippen LogP contribution < -0.4 is 10.2 Å². The third-order valence-electron chi connectivity index (χ3n) is 6.68. The van der Waals surface area contributed by atoms with Crippen LogP contribution in [0.25, 0.3) is 5.69 Å². The van der Waals surface area contributed by atoms with Gasteiger partial charge in [-0.3, -0.25) is 9.69 Å². The van der Waals surface area contributed by atoms with Crippen molar-refractivity contribution < 1.29 is 14.0 Å². The second-order valence-electron chi connectivity index (χ2n) is 9.19. The summed E-state index contributed by atoms with van der Waals surface area (Å²) in [6.07, 6.45) is 3.61. The molecule has 2 heterocycles. The van der Waals surface area contributed by atoms with Crippen molar-refractivity contribution in [2.24, 2.45) is 0 Å². The number of urea groups is 1. The molecule has 1 unspecified atom stereocenters. The molecule has 3 amide bonds. The molecular weight excluding hydrogens is 547 g/mol. The van der Waals surface area contributed by atoms with Crippen LogP contribution in [0.1, 0.15) is 37.1 Å². The van der Waals surface area contributed by atoms with Crippen molar-refractivity contribution in [3.05, 3.63) is 113 Å². The molecule has 0 saturated heterocycles. The van der Waals surface area contributed by atoms with E-state index in [2.05, 4.69) is 25.8 Å². The van der Waals surface area contributed by atoms with Crippen LogP contribution in [0.2, 0.25) is 0 Å². The normalized spacial score (nSPS) is 14.0. The van der Waals surface area contributed by atoms with Gasteiger partial charge in [0.2, 0.25) is 5.91 Å². The Hall–Kier alpha value is -3.91. The van der Waals surface area contributed by atoms with Gasteiger partial charge in [0, 0.05) is 17.2 Å². The van der Waals surface area contributed by atoms with Crippen LogP contribution in [0.3, 0.4) is 0 Å². The predicted octanol–water partition coefficient (Wildman–Crippen LogP) is 7.15. The monoisotopic (exact) mass is 574 g/mol. The van der Waals surface area contributed by atoms with Crippen molar-refractivity contribution in [3.8, 4) is 5.69 Å². The maximum atomic E-state index is 14.2. The van der Waals surface area contributed by atoms with Gasteiger partial charge in [-0.2, -0.15) is 0 Å². The first kappa shape index (κ1) is 25.7. The molecule has 4 aromatic rings. The highest BCUT2D eigenvalue weighted by Crippen LogP contribution is 2.42.